The number of ether oxygens (including phenoxy) is 1. The number of methoxy groups -OCH3 is 1. The fraction of sp³-hybridized carbons (Fsp3) is 0.200. The fourth-order valence-electron chi connectivity index (χ4n) is 3.05. The maximum Gasteiger partial charge on any atom is 0.266 e. The summed E-state index contributed by atoms with van der Waals surface area (Å²) in [6.07, 6.45) is -0.473. The van der Waals surface area contributed by atoms with E-state index >= 15 is 0 Å². The van der Waals surface area contributed by atoms with Crippen LogP contribution < -0.4 is 15.0 Å². The summed E-state index contributed by atoms with van der Waals surface area (Å²) in [5.74, 6) is 0.299. The standard InChI is InChI=1S/C20H19N3O2S/c1-12-4-9-17(13(2)10-12)23-18(14-5-7-15(25-3)8-6-14)22-19(24)16(11-21)20(23)26/h4-10,18,26H,1-3H3,(H,22,24). The molecule has 0 aliphatic carbocycles. The number of hydrogen-bond donors (Lipinski definition) is 2. The lowest BCUT2D eigenvalue weighted by Crippen LogP contribution is -2.46. The highest BCUT2D eigenvalue weighted by molar-refractivity contribution is 7.84. The van der Waals surface area contributed by atoms with E-state index in [4.69, 9.17) is 4.74 Å². The Labute approximate surface area is 158 Å². The van der Waals surface area contributed by atoms with E-state index in [1.165, 1.54) is 0 Å². The van der Waals surface area contributed by atoms with Gasteiger partial charge in [-0.05, 0) is 43.2 Å². The molecule has 26 heavy (non-hydrogen) atoms. The first kappa shape index (κ1) is 17.9. The third-order valence-corrected chi connectivity index (χ3v) is 4.80. The van der Waals surface area contributed by atoms with E-state index in [2.05, 4.69) is 24.0 Å². The monoisotopic (exact) mass is 365 g/mol. The Morgan fingerprint density at radius 3 is 2.46 bits per heavy atom. The van der Waals surface area contributed by atoms with Crippen molar-refractivity contribution in [2.24, 2.45) is 0 Å². The molecular weight excluding hydrogens is 346 g/mol. The first-order chi connectivity index (χ1) is 12.5. The molecule has 1 amide bonds. The number of carbonyl (C=O) groups is 1. The molecule has 1 heterocycles. The van der Waals surface area contributed by atoms with Crippen molar-refractivity contribution in [1.29, 1.82) is 5.26 Å². The molecule has 1 aliphatic rings. The number of nitriles is 1. The van der Waals surface area contributed by atoms with Crippen LogP contribution in [0.5, 0.6) is 5.75 Å². The van der Waals surface area contributed by atoms with Crippen LogP contribution in [-0.2, 0) is 4.79 Å². The third kappa shape index (κ3) is 3.14. The Bertz CT molecular complexity index is 929. The number of aryl methyl sites for hydroxylation is 2. The van der Waals surface area contributed by atoms with Crippen LogP contribution in [0.15, 0.2) is 53.1 Å². The minimum absolute atomic E-state index is 0.00179. The summed E-state index contributed by atoms with van der Waals surface area (Å²) in [5, 5.41) is 12.6. The van der Waals surface area contributed by atoms with Gasteiger partial charge in [0.15, 0.2) is 0 Å². The Kier molecular flexibility index (Phi) is 4.92. The van der Waals surface area contributed by atoms with Gasteiger partial charge in [-0.3, -0.25) is 4.79 Å². The van der Waals surface area contributed by atoms with E-state index in [9.17, 15) is 10.1 Å². The number of amides is 1. The van der Waals surface area contributed by atoms with Crippen LogP contribution in [0.25, 0.3) is 0 Å². The maximum atomic E-state index is 12.4. The number of nitrogens with zero attached hydrogens (tertiary/aromatic N) is 2. The van der Waals surface area contributed by atoms with E-state index in [0.29, 0.717) is 5.03 Å². The van der Waals surface area contributed by atoms with Crippen molar-refractivity contribution in [3.05, 3.63) is 69.8 Å². The Morgan fingerprint density at radius 2 is 1.88 bits per heavy atom. The second kappa shape index (κ2) is 7.14. The quantitative estimate of drug-likeness (QED) is 0.816. The maximum absolute atomic E-state index is 12.4. The van der Waals surface area contributed by atoms with Gasteiger partial charge in [-0.2, -0.15) is 5.26 Å². The molecule has 1 N–H and O–H groups in total. The van der Waals surface area contributed by atoms with E-state index < -0.39 is 12.1 Å². The van der Waals surface area contributed by atoms with Gasteiger partial charge in [0.1, 0.15) is 23.6 Å². The number of hydrogen-bond acceptors (Lipinski definition) is 5. The Balaban J connectivity index is 2.16. The molecule has 0 spiro atoms. The summed E-state index contributed by atoms with van der Waals surface area (Å²) in [6, 6.07) is 15.4. The molecule has 2 aromatic carbocycles. The number of thiol groups is 1. The second-order valence-corrected chi connectivity index (χ2v) is 6.54. The fourth-order valence-corrected chi connectivity index (χ4v) is 3.43. The molecule has 1 unspecified atom stereocenters. The minimum Gasteiger partial charge on any atom is -0.497 e. The SMILES string of the molecule is COc1ccc(C2NC(=O)C(C#N)=C(S)N2c2ccc(C)cc2C)cc1. The van der Waals surface area contributed by atoms with Crippen LogP contribution in [0.4, 0.5) is 5.69 Å². The largest absolute Gasteiger partial charge is 0.497 e. The van der Waals surface area contributed by atoms with E-state index in [1.54, 1.807) is 7.11 Å². The molecule has 0 radical (unpaired) electrons. The van der Waals surface area contributed by atoms with Gasteiger partial charge in [-0.15, -0.1) is 12.6 Å². The predicted octanol–water partition coefficient (Wildman–Crippen LogP) is 3.61. The third-order valence-electron chi connectivity index (χ3n) is 4.36. The first-order valence-electron chi connectivity index (χ1n) is 8.11. The van der Waals surface area contributed by atoms with Gasteiger partial charge < -0.3 is 15.0 Å². The van der Waals surface area contributed by atoms with Crippen molar-refractivity contribution < 1.29 is 9.53 Å². The first-order valence-corrected chi connectivity index (χ1v) is 8.55. The van der Waals surface area contributed by atoms with Crippen molar-refractivity contribution in [2.45, 2.75) is 20.0 Å². The Hall–Kier alpha value is -2.91. The molecular formula is C20H19N3O2S. The average molecular weight is 365 g/mol. The summed E-state index contributed by atoms with van der Waals surface area (Å²) < 4.78 is 5.21. The van der Waals surface area contributed by atoms with E-state index in [1.807, 2.05) is 61.2 Å². The number of rotatable bonds is 3. The summed E-state index contributed by atoms with van der Waals surface area (Å²) in [4.78, 5) is 14.2. The van der Waals surface area contributed by atoms with Crippen LogP contribution in [-0.4, -0.2) is 13.0 Å². The molecule has 3 rings (SSSR count). The molecule has 2 aromatic rings. The van der Waals surface area contributed by atoms with Gasteiger partial charge in [0.25, 0.3) is 5.91 Å². The van der Waals surface area contributed by atoms with Gasteiger partial charge in [0.05, 0.1) is 12.1 Å². The second-order valence-electron chi connectivity index (χ2n) is 6.12. The lowest BCUT2D eigenvalue weighted by molar-refractivity contribution is -0.118. The van der Waals surface area contributed by atoms with Crippen LogP contribution >= 0.6 is 12.6 Å². The lowest BCUT2D eigenvalue weighted by atomic mass is 10.0. The molecule has 0 saturated carbocycles. The van der Waals surface area contributed by atoms with Gasteiger partial charge >= 0.3 is 0 Å². The number of anilines is 1. The average Bonchev–Trinajstić information content (AvgIpc) is 2.63. The molecule has 132 valence electrons. The number of nitrogens with one attached hydrogen (secondary N) is 1. The van der Waals surface area contributed by atoms with Crippen LogP contribution in [0.3, 0.4) is 0 Å². The minimum atomic E-state index is -0.473. The lowest BCUT2D eigenvalue weighted by Gasteiger charge is -2.38. The highest BCUT2D eigenvalue weighted by atomic mass is 32.1. The van der Waals surface area contributed by atoms with Crippen molar-refractivity contribution in [3.8, 4) is 11.8 Å². The molecule has 0 aromatic heterocycles. The van der Waals surface area contributed by atoms with Crippen molar-refractivity contribution in [3.63, 3.8) is 0 Å². The van der Waals surface area contributed by atoms with Gasteiger partial charge in [0.2, 0.25) is 0 Å². The summed E-state index contributed by atoms with van der Waals surface area (Å²) in [7, 11) is 1.60. The zero-order valence-corrected chi connectivity index (χ0v) is 15.7. The highest BCUT2D eigenvalue weighted by Crippen LogP contribution is 2.37. The smallest absolute Gasteiger partial charge is 0.266 e. The van der Waals surface area contributed by atoms with Gasteiger partial charge in [0, 0.05) is 5.69 Å². The summed E-state index contributed by atoms with van der Waals surface area (Å²) >= 11 is 4.52. The molecule has 6 heteroatoms. The predicted molar refractivity (Wildman–Crippen MR) is 104 cm³/mol. The molecule has 0 fully saturated rings. The van der Waals surface area contributed by atoms with Gasteiger partial charge in [-0.1, -0.05) is 29.8 Å². The van der Waals surface area contributed by atoms with E-state index in [-0.39, 0.29) is 5.57 Å². The summed E-state index contributed by atoms with van der Waals surface area (Å²) in [6.45, 7) is 4.02. The van der Waals surface area contributed by atoms with Crippen molar-refractivity contribution in [2.75, 3.05) is 12.0 Å². The topological polar surface area (TPSA) is 65.4 Å². The molecule has 1 atom stereocenters. The summed E-state index contributed by atoms with van der Waals surface area (Å²) in [5.41, 5.74) is 3.91. The van der Waals surface area contributed by atoms with Crippen molar-refractivity contribution >= 4 is 24.2 Å². The zero-order valence-electron chi connectivity index (χ0n) is 14.8. The molecule has 1 aliphatic heterocycles. The number of carbonyl (C=O) groups excluding carboxylic acids is 1. The van der Waals surface area contributed by atoms with Crippen LogP contribution in [0.2, 0.25) is 0 Å². The van der Waals surface area contributed by atoms with E-state index in [0.717, 1.165) is 28.1 Å². The van der Waals surface area contributed by atoms with Crippen molar-refractivity contribution in [1.82, 2.24) is 5.32 Å². The molecule has 5 nitrogen and oxygen atoms in total. The van der Waals surface area contributed by atoms with Crippen LogP contribution in [0.1, 0.15) is 22.9 Å². The van der Waals surface area contributed by atoms with Gasteiger partial charge in [-0.25, -0.2) is 0 Å². The number of benzene rings is 2. The van der Waals surface area contributed by atoms with Crippen LogP contribution in [0, 0.1) is 25.2 Å². The molecule has 0 saturated heterocycles. The highest BCUT2D eigenvalue weighted by Gasteiger charge is 2.34. The zero-order chi connectivity index (χ0) is 18.8. The normalized spacial score (nSPS) is 17.0. The molecule has 0 bridgehead atoms. The Morgan fingerprint density at radius 1 is 1.19 bits per heavy atom.